The van der Waals surface area contributed by atoms with E-state index in [0.717, 1.165) is 6.07 Å². The highest BCUT2D eigenvalue weighted by Crippen LogP contribution is 2.42. The summed E-state index contributed by atoms with van der Waals surface area (Å²) in [4.78, 5) is 32.8. The van der Waals surface area contributed by atoms with E-state index in [4.69, 9.17) is 21.4 Å². The van der Waals surface area contributed by atoms with Crippen LogP contribution in [0.2, 0.25) is 5.02 Å². The van der Waals surface area contributed by atoms with E-state index in [1.54, 1.807) is 11.6 Å². The number of halogens is 3. The van der Waals surface area contributed by atoms with E-state index in [2.05, 4.69) is 15.3 Å². The summed E-state index contributed by atoms with van der Waals surface area (Å²) in [5.41, 5.74) is 0.533. The Hall–Kier alpha value is -2.90. The molecule has 204 valence electrons. The molecule has 1 saturated carbocycles. The number of nitrogens with zero attached hydrogens (tertiary/aromatic N) is 2. The number of hydrogen-bond acceptors (Lipinski definition) is 9. The third kappa shape index (κ3) is 5.74. The van der Waals surface area contributed by atoms with E-state index in [-0.39, 0.29) is 29.9 Å². The Balaban J connectivity index is 1.74. The summed E-state index contributed by atoms with van der Waals surface area (Å²) >= 11 is 7.45. The smallest absolute Gasteiger partial charge is 0.338 e. The Morgan fingerprint density at radius 1 is 1.24 bits per heavy atom. The molecule has 14 heteroatoms. The molecule has 4 rings (SSSR count). The van der Waals surface area contributed by atoms with E-state index < -0.39 is 61.9 Å². The van der Waals surface area contributed by atoms with Crippen LogP contribution in [0.4, 0.5) is 8.78 Å². The predicted octanol–water partition coefficient (Wildman–Crippen LogP) is 4.04. The number of aliphatic carboxylic acids is 1. The van der Waals surface area contributed by atoms with Crippen LogP contribution >= 0.6 is 22.9 Å². The lowest BCUT2D eigenvalue weighted by Crippen LogP contribution is -2.39. The first-order valence-electron chi connectivity index (χ1n) is 11.7. The highest BCUT2D eigenvalue weighted by Gasteiger charge is 2.39. The molecular formula is C24H24ClF2N3O6S2. The summed E-state index contributed by atoms with van der Waals surface area (Å²) in [5, 5.41) is 13.0. The number of thiazole rings is 1. The van der Waals surface area contributed by atoms with Crippen molar-refractivity contribution in [3.05, 3.63) is 62.2 Å². The van der Waals surface area contributed by atoms with Gasteiger partial charge < -0.3 is 15.2 Å². The number of aliphatic imine (C=N–C) groups is 1. The van der Waals surface area contributed by atoms with Crippen molar-refractivity contribution >= 4 is 50.5 Å². The van der Waals surface area contributed by atoms with Gasteiger partial charge in [0.05, 0.1) is 35.1 Å². The number of sulfone groups is 1. The van der Waals surface area contributed by atoms with Crippen molar-refractivity contribution in [2.45, 2.75) is 43.4 Å². The van der Waals surface area contributed by atoms with Crippen LogP contribution in [0.25, 0.3) is 0 Å². The van der Waals surface area contributed by atoms with Crippen LogP contribution in [-0.4, -0.2) is 54.4 Å². The highest BCUT2D eigenvalue weighted by molar-refractivity contribution is 7.92. The molecule has 1 fully saturated rings. The molecule has 1 aliphatic carbocycles. The van der Waals surface area contributed by atoms with Crippen molar-refractivity contribution in [1.29, 1.82) is 0 Å². The normalized spacial score (nSPS) is 22.0. The number of carbonyl (C=O) groups excluding carboxylic acids is 1. The van der Waals surface area contributed by atoms with Crippen molar-refractivity contribution < 1.29 is 36.6 Å². The third-order valence-electron chi connectivity index (χ3n) is 6.67. The Morgan fingerprint density at radius 2 is 1.95 bits per heavy atom. The minimum atomic E-state index is -3.62. The number of hydrogen-bond donors (Lipinski definition) is 2. The molecule has 1 aliphatic heterocycles. The first kappa shape index (κ1) is 28.1. The number of rotatable bonds is 8. The maximum atomic E-state index is 14.4. The Bertz CT molecular complexity index is 1400. The number of benzene rings is 1. The first-order chi connectivity index (χ1) is 18.0. The second-order valence-corrected chi connectivity index (χ2v) is 12.6. The van der Waals surface area contributed by atoms with Crippen molar-refractivity contribution in [3.63, 3.8) is 0 Å². The number of allylic oxidation sites excluding steroid dienone is 1. The molecule has 1 unspecified atom stereocenters. The Morgan fingerprint density at radius 3 is 2.55 bits per heavy atom. The van der Waals surface area contributed by atoms with Gasteiger partial charge in [-0.2, -0.15) is 0 Å². The minimum Gasteiger partial charge on any atom is -0.481 e. The molecule has 0 saturated heterocycles. The lowest BCUT2D eigenvalue weighted by atomic mass is 9.82. The molecular weight excluding hydrogens is 564 g/mol. The lowest BCUT2D eigenvalue weighted by molar-refractivity contribution is -0.137. The van der Waals surface area contributed by atoms with Crippen molar-refractivity contribution in [1.82, 2.24) is 10.3 Å². The molecule has 2 N–H and O–H groups in total. The summed E-state index contributed by atoms with van der Waals surface area (Å²) in [6.07, 6.45) is 2.34. The van der Waals surface area contributed by atoms with Crippen LogP contribution in [0.1, 0.15) is 48.7 Å². The zero-order valence-corrected chi connectivity index (χ0v) is 22.5. The fraction of sp³-hybridized carbons (Fsp3) is 0.417. The number of ether oxygens (including phenoxy) is 1. The Kier molecular flexibility index (Phi) is 8.48. The fourth-order valence-corrected chi connectivity index (χ4v) is 7.38. The number of esters is 1. The SMILES string of the molecule is COC(=O)C1=C(C2CCC(S(=O)(=O)CCC(=O)O)CC2)NC(c2nccs2)=NC1c1ccc(F)c(F)c1Cl. The molecule has 1 aromatic carbocycles. The van der Waals surface area contributed by atoms with Gasteiger partial charge in [0.25, 0.3) is 0 Å². The maximum absolute atomic E-state index is 14.4. The van der Waals surface area contributed by atoms with Crippen LogP contribution in [0.15, 0.2) is 40.0 Å². The van der Waals surface area contributed by atoms with Crippen LogP contribution in [0.5, 0.6) is 0 Å². The zero-order chi connectivity index (χ0) is 27.6. The van der Waals surface area contributed by atoms with Crippen molar-refractivity contribution in [2.75, 3.05) is 12.9 Å². The summed E-state index contributed by atoms with van der Waals surface area (Å²) in [6.45, 7) is 0. The molecule has 0 radical (unpaired) electrons. The number of methoxy groups -OCH3 is 1. The van der Waals surface area contributed by atoms with Crippen molar-refractivity contribution in [3.8, 4) is 0 Å². The third-order valence-corrected chi connectivity index (χ3v) is 10.1. The number of aromatic nitrogens is 1. The summed E-state index contributed by atoms with van der Waals surface area (Å²) in [5.74, 6) is -4.83. The molecule has 0 spiro atoms. The molecule has 0 bridgehead atoms. The zero-order valence-electron chi connectivity index (χ0n) is 20.1. The van der Waals surface area contributed by atoms with E-state index in [1.165, 1.54) is 24.5 Å². The largest absolute Gasteiger partial charge is 0.481 e. The maximum Gasteiger partial charge on any atom is 0.338 e. The molecule has 38 heavy (non-hydrogen) atoms. The Labute approximate surface area is 226 Å². The summed E-state index contributed by atoms with van der Waals surface area (Å²) in [6, 6.07) is 1.02. The van der Waals surface area contributed by atoms with Gasteiger partial charge in [0.15, 0.2) is 32.3 Å². The topological polar surface area (TPSA) is 135 Å². The second-order valence-electron chi connectivity index (χ2n) is 8.91. The average molecular weight is 588 g/mol. The first-order valence-corrected chi connectivity index (χ1v) is 14.6. The molecule has 1 atom stereocenters. The minimum absolute atomic E-state index is 0.0536. The predicted molar refractivity (Wildman–Crippen MR) is 137 cm³/mol. The quantitative estimate of drug-likeness (QED) is 0.349. The second kappa shape index (κ2) is 11.5. The number of amidine groups is 1. The van der Waals surface area contributed by atoms with Gasteiger partial charge in [-0.1, -0.05) is 17.7 Å². The van der Waals surface area contributed by atoms with Crippen LogP contribution in [0.3, 0.4) is 0 Å². The van der Waals surface area contributed by atoms with Gasteiger partial charge in [-0.3, -0.25) is 9.79 Å². The van der Waals surface area contributed by atoms with Crippen molar-refractivity contribution in [2.24, 2.45) is 10.9 Å². The van der Waals surface area contributed by atoms with Gasteiger partial charge >= 0.3 is 11.9 Å². The standard InChI is InChI=1S/C24H24ClF2N3O6S2/c1-36-24(33)17-20(12-2-4-13(5-3-12)38(34,35)11-8-16(31)32)29-22(23-28-9-10-37-23)30-21(17)14-6-7-15(26)19(27)18(14)25/h6-7,9-10,12-13,21H,2-5,8,11H2,1H3,(H,29,30)(H,31,32). The van der Waals surface area contributed by atoms with Gasteiger partial charge in [-0.05, 0) is 37.7 Å². The molecule has 2 aromatic rings. The molecule has 1 aromatic heterocycles. The van der Waals surface area contributed by atoms with Crippen LogP contribution < -0.4 is 5.32 Å². The van der Waals surface area contributed by atoms with E-state index in [1.807, 2.05) is 0 Å². The summed E-state index contributed by atoms with van der Waals surface area (Å²) < 4.78 is 58.6. The molecule has 2 aliphatic rings. The number of carbonyl (C=O) groups is 2. The van der Waals surface area contributed by atoms with E-state index in [9.17, 15) is 26.8 Å². The van der Waals surface area contributed by atoms with Gasteiger partial charge in [-0.15, -0.1) is 11.3 Å². The molecule has 9 nitrogen and oxygen atoms in total. The van der Waals surface area contributed by atoms with E-state index >= 15 is 0 Å². The average Bonchev–Trinajstić information content (AvgIpc) is 3.45. The van der Waals surface area contributed by atoms with Crippen LogP contribution in [0, 0.1) is 17.6 Å². The molecule has 2 heterocycles. The molecule has 0 amide bonds. The summed E-state index contributed by atoms with van der Waals surface area (Å²) in [7, 11) is -2.43. The highest BCUT2D eigenvalue weighted by atomic mass is 35.5. The monoisotopic (exact) mass is 587 g/mol. The lowest BCUT2D eigenvalue weighted by Gasteiger charge is -2.35. The number of nitrogens with one attached hydrogen (secondary N) is 1. The van der Waals surface area contributed by atoms with Gasteiger partial charge in [0.2, 0.25) is 0 Å². The van der Waals surface area contributed by atoms with Gasteiger partial charge in [0, 0.05) is 22.8 Å². The van der Waals surface area contributed by atoms with E-state index in [0.29, 0.717) is 29.4 Å². The van der Waals surface area contributed by atoms with Gasteiger partial charge in [-0.25, -0.2) is 27.0 Å². The number of carboxylic acid groups (broad SMARTS) is 1. The van der Waals surface area contributed by atoms with Gasteiger partial charge in [0.1, 0.15) is 6.04 Å². The fourth-order valence-electron chi connectivity index (χ4n) is 4.75. The van der Waals surface area contributed by atoms with Crippen LogP contribution in [-0.2, 0) is 24.2 Å². The number of carboxylic acids is 1.